The van der Waals surface area contributed by atoms with Crippen LogP contribution in [-0.4, -0.2) is 44.3 Å². The van der Waals surface area contributed by atoms with Crippen molar-refractivity contribution in [2.24, 2.45) is 7.05 Å². The lowest BCUT2D eigenvalue weighted by Crippen LogP contribution is -2.36. The van der Waals surface area contributed by atoms with Crippen LogP contribution in [0.25, 0.3) is 0 Å². The highest BCUT2D eigenvalue weighted by Crippen LogP contribution is 2.30. The molecule has 1 atom stereocenters. The first-order chi connectivity index (χ1) is 14.2. The first kappa shape index (κ1) is 20.1. The Labute approximate surface area is 177 Å². The Balaban J connectivity index is 1.30. The van der Waals surface area contributed by atoms with Crippen LogP contribution in [0.1, 0.15) is 48.6 Å². The van der Waals surface area contributed by atoms with Gasteiger partial charge in [0.25, 0.3) is 0 Å². The van der Waals surface area contributed by atoms with Gasteiger partial charge in [0.15, 0.2) is 5.16 Å². The van der Waals surface area contributed by atoms with Crippen molar-refractivity contribution in [3.63, 3.8) is 0 Å². The third-order valence-electron chi connectivity index (χ3n) is 5.84. The quantitative estimate of drug-likeness (QED) is 0.540. The second-order valence-electron chi connectivity index (χ2n) is 7.93. The topological polar surface area (TPSA) is 46.8 Å². The molecule has 0 radical (unpaired) electrons. The molecule has 3 aromatic rings. The second kappa shape index (κ2) is 9.55. The molecular formula is C23H29N5S. The lowest BCUT2D eigenvalue weighted by Gasteiger charge is -2.33. The number of piperidine rings is 1. The number of aromatic nitrogens is 4. The third kappa shape index (κ3) is 5.06. The predicted molar refractivity (Wildman–Crippen MR) is 118 cm³/mol. The molecule has 152 valence electrons. The Hall–Kier alpha value is -2.18. The summed E-state index contributed by atoms with van der Waals surface area (Å²) < 4.78 is 2.19. The minimum atomic E-state index is 0.506. The first-order valence-electron chi connectivity index (χ1n) is 10.4. The maximum absolute atomic E-state index is 4.55. The van der Waals surface area contributed by atoms with E-state index in [4.69, 9.17) is 0 Å². The molecule has 5 nitrogen and oxygen atoms in total. The molecule has 4 rings (SSSR count). The number of hydrogen-bond donors (Lipinski definition) is 0. The van der Waals surface area contributed by atoms with Crippen molar-refractivity contribution < 1.29 is 0 Å². The molecule has 0 bridgehead atoms. The van der Waals surface area contributed by atoms with Crippen molar-refractivity contribution in [1.82, 2.24) is 24.6 Å². The Morgan fingerprint density at radius 2 is 1.76 bits per heavy atom. The Bertz CT molecular complexity index is 888. The third-order valence-corrected chi connectivity index (χ3v) is 6.93. The van der Waals surface area contributed by atoms with Gasteiger partial charge < -0.3 is 9.47 Å². The van der Waals surface area contributed by atoms with Gasteiger partial charge in [-0.1, -0.05) is 49.0 Å². The Morgan fingerprint density at radius 1 is 1.03 bits per heavy atom. The summed E-state index contributed by atoms with van der Waals surface area (Å²) in [6.07, 6.45) is 5.99. The average Bonchev–Trinajstić information content (AvgIpc) is 3.14. The highest BCUT2D eigenvalue weighted by molar-refractivity contribution is 7.98. The van der Waals surface area contributed by atoms with Gasteiger partial charge in [-0.25, -0.2) is 0 Å². The van der Waals surface area contributed by atoms with Gasteiger partial charge in [-0.2, -0.15) is 0 Å². The van der Waals surface area contributed by atoms with E-state index < -0.39 is 0 Å². The van der Waals surface area contributed by atoms with Crippen LogP contribution in [0, 0.1) is 0 Å². The molecule has 29 heavy (non-hydrogen) atoms. The maximum atomic E-state index is 4.55. The van der Waals surface area contributed by atoms with Crippen molar-refractivity contribution in [1.29, 1.82) is 0 Å². The van der Waals surface area contributed by atoms with Gasteiger partial charge in [-0.05, 0) is 55.1 Å². The summed E-state index contributed by atoms with van der Waals surface area (Å²) in [4.78, 5) is 6.68. The molecule has 0 saturated carbocycles. The van der Waals surface area contributed by atoms with E-state index >= 15 is 0 Å². The van der Waals surface area contributed by atoms with E-state index in [2.05, 4.69) is 81.1 Å². The van der Waals surface area contributed by atoms with Gasteiger partial charge in [0.1, 0.15) is 5.82 Å². The van der Waals surface area contributed by atoms with Crippen LogP contribution >= 0.6 is 11.8 Å². The summed E-state index contributed by atoms with van der Waals surface area (Å²) in [7, 11) is 2.11. The zero-order chi connectivity index (χ0) is 20.1. The molecule has 1 aliphatic heterocycles. The van der Waals surface area contributed by atoms with E-state index in [1.807, 2.05) is 12.4 Å². The van der Waals surface area contributed by atoms with Crippen molar-refractivity contribution >= 4 is 11.8 Å². The van der Waals surface area contributed by atoms with Gasteiger partial charge in [0.2, 0.25) is 0 Å². The molecule has 0 N–H and O–H groups in total. The second-order valence-corrected chi connectivity index (χ2v) is 8.87. The smallest absolute Gasteiger partial charge is 0.191 e. The molecule has 0 aliphatic carbocycles. The molecule has 1 saturated heterocycles. The standard InChI is InChI=1S/C23H29N5S/c1-18(20-6-4-3-5-7-20)16-28-14-10-21(11-15-28)22-25-26-23(27(22)2)29-17-19-8-12-24-13-9-19/h3-9,12-13,18,21H,10-11,14-17H2,1-2H3. The summed E-state index contributed by atoms with van der Waals surface area (Å²) in [5, 5.41) is 10.0. The highest BCUT2D eigenvalue weighted by Gasteiger charge is 2.26. The summed E-state index contributed by atoms with van der Waals surface area (Å²) in [5.74, 6) is 3.10. The van der Waals surface area contributed by atoms with E-state index in [-0.39, 0.29) is 0 Å². The molecule has 0 amide bonds. The maximum Gasteiger partial charge on any atom is 0.191 e. The highest BCUT2D eigenvalue weighted by atomic mass is 32.2. The van der Waals surface area contributed by atoms with E-state index in [9.17, 15) is 0 Å². The largest absolute Gasteiger partial charge is 0.309 e. The predicted octanol–water partition coefficient (Wildman–Crippen LogP) is 4.49. The van der Waals surface area contributed by atoms with Gasteiger partial charge in [-0.15, -0.1) is 10.2 Å². The van der Waals surface area contributed by atoms with Gasteiger partial charge in [-0.3, -0.25) is 4.98 Å². The fourth-order valence-corrected chi connectivity index (χ4v) is 4.96. The van der Waals surface area contributed by atoms with Crippen LogP contribution < -0.4 is 0 Å². The van der Waals surface area contributed by atoms with Crippen LogP contribution in [0.2, 0.25) is 0 Å². The number of likely N-dealkylation sites (tertiary alicyclic amines) is 1. The molecule has 1 unspecified atom stereocenters. The number of hydrogen-bond acceptors (Lipinski definition) is 5. The fraction of sp³-hybridized carbons (Fsp3) is 0.435. The Morgan fingerprint density at radius 3 is 2.48 bits per heavy atom. The van der Waals surface area contributed by atoms with Crippen LogP contribution in [0.15, 0.2) is 60.0 Å². The van der Waals surface area contributed by atoms with Crippen LogP contribution in [0.5, 0.6) is 0 Å². The van der Waals surface area contributed by atoms with Crippen molar-refractivity contribution in [3.05, 3.63) is 71.8 Å². The van der Waals surface area contributed by atoms with Gasteiger partial charge in [0.05, 0.1) is 0 Å². The minimum absolute atomic E-state index is 0.506. The SMILES string of the molecule is CC(CN1CCC(c2nnc(SCc3ccncc3)n2C)CC1)c1ccccc1. The van der Waals surface area contributed by atoms with Crippen LogP contribution in [0.4, 0.5) is 0 Å². The zero-order valence-electron chi connectivity index (χ0n) is 17.2. The van der Waals surface area contributed by atoms with E-state index in [0.29, 0.717) is 11.8 Å². The molecule has 2 aromatic heterocycles. The van der Waals surface area contributed by atoms with E-state index in [0.717, 1.165) is 49.2 Å². The summed E-state index contributed by atoms with van der Waals surface area (Å²) >= 11 is 1.74. The Kier molecular flexibility index (Phi) is 6.62. The molecule has 1 aliphatic rings. The van der Waals surface area contributed by atoms with Crippen LogP contribution in [-0.2, 0) is 12.8 Å². The summed E-state index contributed by atoms with van der Waals surface area (Å²) in [6.45, 7) is 5.72. The molecular weight excluding hydrogens is 378 g/mol. The summed E-state index contributed by atoms with van der Waals surface area (Å²) in [5.41, 5.74) is 2.69. The molecule has 1 aromatic carbocycles. The zero-order valence-corrected chi connectivity index (χ0v) is 18.1. The fourth-order valence-electron chi connectivity index (χ4n) is 4.08. The number of nitrogens with zero attached hydrogens (tertiary/aromatic N) is 5. The van der Waals surface area contributed by atoms with Crippen molar-refractivity contribution in [2.75, 3.05) is 19.6 Å². The first-order valence-corrected chi connectivity index (χ1v) is 11.4. The van der Waals surface area contributed by atoms with Gasteiger partial charge in [0, 0.05) is 37.7 Å². The molecule has 3 heterocycles. The molecule has 0 spiro atoms. The molecule has 1 fully saturated rings. The summed E-state index contributed by atoms with van der Waals surface area (Å²) in [6, 6.07) is 14.9. The molecule has 6 heteroatoms. The number of thioether (sulfide) groups is 1. The lowest BCUT2D eigenvalue weighted by atomic mass is 9.94. The number of pyridine rings is 1. The number of rotatable bonds is 7. The van der Waals surface area contributed by atoms with Crippen LogP contribution in [0.3, 0.4) is 0 Å². The van der Waals surface area contributed by atoms with Gasteiger partial charge >= 0.3 is 0 Å². The lowest BCUT2D eigenvalue weighted by molar-refractivity contribution is 0.199. The van der Waals surface area contributed by atoms with Crippen molar-refractivity contribution in [2.45, 2.75) is 42.5 Å². The monoisotopic (exact) mass is 407 g/mol. The van der Waals surface area contributed by atoms with E-state index in [1.165, 1.54) is 11.1 Å². The van der Waals surface area contributed by atoms with E-state index in [1.54, 1.807) is 11.8 Å². The number of benzene rings is 1. The van der Waals surface area contributed by atoms with Crippen molar-refractivity contribution in [3.8, 4) is 0 Å². The average molecular weight is 408 g/mol. The minimum Gasteiger partial charge on any atom is -0.309 e. The normalized spacial score (nSPS) is 16.8.